The van der Waals surface area contributed by atoms with Crippen LogP contribution in [0.15, 0.2) is 48.5 Å². The van der Waals surface area contributed by atoms with E-state index in [2.05, 4.69) is 0 Å². The minimum absolute atomic E-state index is 0.243. The Morgan fingerprint density at radius 3 is 2.38 bits per heavy atom. The van der Waals surface area contributed by atoms with Gasteiger partial charge in [-0.1, -0.05) is 18.2 Å². The number of hydroxylamine groups is 2. The van der Waals surface area contributed by atoms with E-state index in [1.807, 2.05) is 42.5 Å². The molecule has 2 aromatic carbocycles. The van der Waals surface area contributed by atoms with E-state index in [4.69, 9.17) is 19.3 Å². The third-order valence-electron chi connectivity index (χ3n) is 4.19. The molecule has 0 saturated heterocycles. The Bertz CT molecular complexity index is 956. The lowest BCUT2D eigenvalue weighted by molar-refractivity contribution is -0.0755. The van der Waals surface area contributed by atoms with Gasteiger partial charge in [0.25, 0.3) is 5.91 Å². The number of hydrogen-bond acceptors (Lipinski definition) is 5. The van der Waals surface area contributed by atoms with Gasteiger partial charge in [0.15, 0.2) is 11.5 Å². The van der Waals surface area contributed by atoms with Crippen molar-refractivity contribution in [3.05, 3.63) is 54.1 Å². The van der Waals surface area contributed by atoms with Crippen molar-refractivity contribution in [1.82, 2.24) is 10.0 Å². The molecule has 3 rings (SSSR count). The van der Waals surface area contributed by atoms with Crippen LogP contribution in [0.2, 0.25) is 0 Å². The van der Waals surface area contributed by atoms with Gasteiger partial charge in [-0.05, 0) is 30.3 Å². The number of hydrogen-bond donors (Lipinski definition) is 0. The summed E-state index contributed by atoms with van der Waals surface area (Å²) in [5.74, 6) is 0.988. The summed E-state index contributed by atoms with van der Waals surface area (Å²) in [5, 5.41) is 1.96. The second-order valence-corrected chi connectivity index (χ2v) is 5.63. The SMILES string of the molecule is COc1ccc(-c2cc(C(=O)N(C)OC)c3ccccc3n2)cc1OC. The van der Waals surface area contributed by atoms with E-state index in [0.29, 0.717) is 22.8 Å². The molecule has 0 bridgehead atoms. The molecule has 0 spiro atoms. The van der Waals surface area contributed by atoms with E-state index >= 15 is 0 Å². The predicted octanol–water partition coefficient (Wildman–Crippen LogP) is 3.55. The molecule has 134 valence electrons. The zero-order valence-corrected chi connectivity index (χ0v) is 15.1. The highest BCUT2D eigenvalue weighted by molar-refractivity contribution is 6.06. The molecule has 0 unspecified atom stereocenters. The lowest BCUT2D eigenvalue weighted by Gasteiger charge is -2.16. The number of ether oxygens (including phenoxy) is 2. The summed E-state index contributed by atoms with van der Waals surface area (Å²) < 4.78 is 10.7. The van der Waals surface area contributed by atoms with E-state index < -0.39 is 0 Å². The maximum atomic E-state index is 12.7. The summed E-state index contributed by atoms with van der Waals surface area (Å²) in [6, 6.07) is 14.8. The molecule has 1 heterocycles. The van der Waals surface area contributed by atoms with Crippen molar-refractivity contribution in [2.45, 2.75) is 0 Å². The molecule has 0 aliphatic carbocycles. The number of pyridine rings is 1. The molecular formula is C20H20N2O4. The smallest absolute Gasteiger partial charge is 0.277 e. The Labute approximate surface area is 151 Å². The largest absolute Gasteiger partial charge is 0.493 e. The zero-order valence-electron chi connectivity index (χ0n) is 15.1. The van der Waals surface area contributed by atoms with Crippen molar-refractivity contribution in [3.63, 3.8) is 0 Å². The quantitative estimate of drug-likeness (QED) is 0.657. The summed E-state index contributed by atoms with van der Waals surface area (Å²) in [6.07, 6.45) is 0. The molecule has 26 heavy (non-hydrogen) atoms. The Hall–Kier alpha value is -3.12. The molecule has 0 fully saturated rings. The van der Waals surface area contributed by atoms with Crippen LogP contribution in [0, 0.1) is 0 Å². The molecule has 0 aliphatic heterocycles. The van der Waals surface area contributed by atoms with Crippen LogP contribution >= 0.6 is 0 Å². The van der Waals surface area contributed by atoms with E-state index in [0.717, 1.165) is 16.5 Å². The minimum atomic E-state index is -0.243. The van der Waals surface area contributed by atoms with Gasteiger partial charge >= 0.3 is 0 Å². The van der Waals surface area contributed by atoms with Gasteiger partial charge in [0.05, 0.1) is 38.1 Å². The van der Waals surface area contributed by atoms with Gasteiger partial charge in [0.2, 0.25) is 0 Å². The number of para-hydroxylation sites is 1. The monoisotopic (exact) mass is 352 g/mol. The molecule has 0 saturated carbocycles. The Morgan fingerprint density at radius 2 is 1.69 bits per heavy atom. The molecule has 3 aromatic rings. The van der Waals surface area contributed by atoms with Gasteiger partial charge in [0.1, 0.15) is 0 Å². The van der Waals surface area contributed by atoms with E-state index in [-0.39, 0.29) is 5.91 Å². The Balaban J connectivity index is 2.20. The van der Waals surface area contributed by atoms with Crippen LogP contribution in [0.3, 0.4) is 0 Å². The number of amides is 1. The first-order chi connectivity index (χ1) is 12.6. The van der Waals surface area contributed by atoms with Crippen LogP contribution in [-0.2, 0) is 4.84 Å². The van der Waals surface area contributed by atoms with E-state index in [1.54, 1.807) is 27.3 Å². The maximum Gasteiger partial charge on any atom is 0.277 e. The van der Waals surface area contributed by atoms with Crippen molar-refractivity contribution in [2.24, 2.45) is 0 Å². The third-order valence-corrected chi connectivity index (χ3v) is 4.19. The van der Waals surface area contributed by atoms with Crippen LogP contribution in [0.5, 0.6) is 11.5 Å². The van der Waals surface area contributed by atoms with Crippen LogP contribution < -0.4 is 9.47 Å². The number of nitrogens with zero attached hydrogens (tertiary/aromatic N) is 2. The zero-order chi connectivity index (χ0) is 18.7. The molecule has 0 radical (unpaired) electrons. The number of fused-ring (bicyclic) bond motifs is 1. The standard InChI is InChI=1S/C20H20N2O4/c1-22(26-4)20(23)15-12-17(21-16-8-6-5-7-14(15)16)13-9-10-18(24-2)19(11-13)25-3/h5-12H,1-4H3. The first-order valence-corrected chi connectivity index (χ1v) is 8.03. The van der Waals surface area contributed by atoms with Crippen LogP contribution in [0.4, 0.5) is 0 Å². The molecule has 0 aliphatic rings. The highest BCUT2D eigenvalue weighted by Gasteiger charge is 2.18. The van der Waals surface area contributed by atoms with Crippen molar-refractivity contribution < 1.29 is 19.1 Å². The Kier molecular flexibility index (Phi) is 5.04. The number of benzene rings is 2. The van der Waals surface area contributed by atoms with Gasteiger partial charge in [0, 0.05) is 18.0 Å². The van der Waals surface area contributed by atoms with Crippen LogP contribution in [-0.4, -0.2) is 44.3 Å². The fraction of sp³-hybridized carbons (Fsp3) is 0.200. The van der Waals surface area contributed by atoms with Gasteiger partial charge in [-0.15, -0.1) is 0 Å². The van der Waals surface area contributed by atoms with E-state index in [9.17, 15) is 4.79 Å². The summed E-state index contributed by atoms with van der Waals surface area (Å²) in [7, 11) is 6.20. The maximum absolute atomic E-state index is 12.7. The molecule has 6 heteroatoms. The van der Waals surface area contributed by atoms with Gasteiger partial charge < -0.3 is 9.47 Å². The number of rotatable bonds is 5. The van der Waals surface area contributed by atoms with E-state index in [1.165, 1.54) is 12.2 Å². The highest BCUT2D eigenvalue weighted by Crippen LogP contribution is 2.33. The highest BCUT2D eigenvalue weighted by atomic mass is 16.7. The van der Waals surface area contributed by atoms with Crippen molar-refractivity contribution in [3.8, 4) is 22.8 Å². The average molecular weight is 352 g/mol. The normalized spacial score (nSPS) is 10.6. The minimum Gasteiger partial charge on any atom is -0.493 e. The number of carbonyl (C=O) groups excluding carboxylic acids is 1. The molecule has 0 atom stereocenters. The fourth-order valence-corrected chi connectivity index (χ4v) is 2.75. The fourth-order valence-electron chi connectivity index (χ4n) is 2.75. The third kappa shape index (κ3) is 3.19. The van der Waals surface area contributed by atoms with Gasteiger partial charge in [-0.3, -0.25) is 9.63 Å². The second-order valence-electron chi connectivity index (χ2n) is 5.63. The van der Waals surface area contributed by atoms with Crippen molar-refractivity contribution in [2.75, 3.05) is 28.4 Å². The lowest BCUT2D eigenvalue weighted by atomic mass is 10.0. The first kappa shape index (κ1) is 17.7. The summed E-state index contributed by atoms with van der Waals surface area (Å²) in [5.41, 5.74) is 2.73. The Morgan fingerprint density at radius 1 is 0.962 bits per heavy atom. The lowest BCUT2D eigenvalue weighted by Crippen LogP contribution is -2.25. The predicted molar refractivity (Wildman–Crippen MR) is 99.4 cm³/mol. The number of carbonyl (C=O) groups is 1. The first-order valence-electron chi connectivity index (χ1n) is 8.03. The molecule has 0 N–H and O–H groups in total. The number of methoxy groups -OCH3 is 2. The van der Waals surface area contributed by atoms with Crippen molar-refractivity contribution in [1.29, 1.82) is 0 Å². The molecular weight excluding hydrogens is 332 g/mol. The molecule has 6 nitrogen and oxygen atoms in total. The average Bonchev–Trinajstić information content (AvgIpc) is 2.71. The summed E-state index contributed by atoms with van der Waals surface area (Å²) >= 11 is 0. The van der Waals surface area contributed by atoms with Crippen LogP contribution in [0.25, 0.3) is 22.2 Å². The second kappa shape index (κ2) is 7.41. The number of aromatic nitrogens is 1. The molecule has 1 aromatic heterocycles. The van der Waals surface area contributed by atoms with Gasteiger partial charge in [-0.25, -0.2) is 10.0 Å². The van der Waals surface area contributed by atoms with Crippen LogP contribution in [0.1, 0.15) is 10.4 Å². The summed E-state index contributed by atoms with van der Waals surface area (Å²) in [6.45, 7) is 0. The topological polar surface area (TPSA) is 60.9 Å². The summed E-state index contributed by atoms with van der Waals surface area (Å²) in [4.78, 5) is 22.5. The molecule has 1 amide bonds. The van der Waals surface area contributed by atoms with Crippen molar-refractivity contribution >= 4 is 16.8 Å². The van der Waals surface area contributed by atoms with Gasteiger partial charge in [-0.2, -0.15) is 0 Å².